The van der Waals surface area contributed by atoms with Crippen LogP contribution in [-0.2, 0) is 0 Å². The molecule has 0 unspecified atom stereocenters. The molecule has 0 aliphatic heterocycles. The van der Waals surface area contributed by atoms with Crippen molar-refractivity contribution in [1.82, 2.24) is 4.90 Å². The summed E-state index contributed by atoms with van der Waals surface area (Å²) >= 11 is 0. The molecule has 2 saturated carbocycles. The first kappa shape index (κ1) is 10.9. The predicted octanol–water partition coefficient (Wildman–Crippen LogP) is 1.97. The summed E-state index contributed by atoms with van der Waals surface area (Å²) in [6.07, 6.45) is 8.88. The van der Waals surface area contributed by atoms with E-state index >= 15 is 0 Å². The summed E-state index contributed by atoms with van der Waals surface area (Å²) in [4.78, 5) is 2.52. The maximum atomic E-state index is 7.40. The van der Waals surface area contributed by atoms with Crippen molar-refractivity contribution in [3.05, 3.63) is 0 Å². The number of nitrogens with zero attached hydrogens (tertiary/aromatic N) is 1. The molecule has 0 aromatic rings. The fourth-order valence-electron chi connectivity index (χ4n) is 2.97. The Morgan fingerprint density at radius 1 is 1.40 bits per heavy atom. The van der Waals surface area contributed by atoms with E-state index in [0.717, 1.165) is 19.0 Å². The molecule has 0 spiro atoms. The van der Waals surface area contributed by atoms with Gasteiger partial charge in [-0.15, -0.1) is 0 Å². The minimum absolute atomic E-state index is 0.368. The fourth-order valence-corrected chi connectivity index (χ4v) is 2.97. The second-order valence-corrected chi connectivity index (χ2v) is 5.56. The lowest BCUT2D eigenvalue weighted by atomic mass is 10.0. The van der Waals surface area contributed by atoms with E-state index in [1.807, 2.05) is 0 Å². The third-order valence-corrected chi connectivity index (χ3v) is 4.06. The normalized spacial score (nSPS) is 24.7. The molecule has 86 valence electrons. The number of amidine groups is 1. The van der Waals surface area contributed by atoms with Gasteiger partial charge in [0.2, 0.25) is 0 Å². The molecule has 0 radical (unpaired) electrons. The van der Waals surface area contributed by atoms with Crippen LogP contribution in [0, 0.1) is 10.8 Å². The Kier molecular flexibility index (Phi) is 3.01. The molecule has 2 fully saturated rings. The summed E-state index contributed by atoms with van der Waals surface area (Å²) in [5.74, 6) is 0.368. The van der Waals surface area contributed by atoms with E-state index in [0.29, 0.717) is 11.3 Å². The number of rotatable bonds is 5. The highest BCUT2D eigenvalue weighted by atomic mass is 15.1. The van der Waals surface area contributed by atoms with Crippen molar-refractivity contribution in [3.63, 3.8) is 0 Å². The van der Waals surface area contributed by atoms with Crippen molar-refractivity contribution in [2.24, 2.45) is 11.1 Å². The summed E-state index contributed by atoms with van der Waals surface area (Å²) in [7, 11) is 2.25. The Bertz CT molecular complexity index is 239. The second kappa shape index (κ2) is 4.12. The van der Waals surface area contributed by atoms with Crippen molar-refractivity contribution in [1.29, 1.82) is 5.41 Å². The Balaban J connectivity index is 1.82. The van der Waals surface area contributed by atoms with Gasteiger partial charge in [0.25, 0.3) is 0 Å². The topological polar surface area (TPSA) is 53.1 Å². The van der Waals surface area contributed by atoms with Crippen LogP contribution in [0.3, 0.4) is 0 Å². The minimum atomic E-state index is 0.368. The van der Waals surface area contributed by atoms with Crippen molar-refractivity contribution >= 4 is 5.84 Å². The van der Waals surface area contributed by atoms with Crippen LogP contribution in [0.4, 0.5) is 0 Å². The van der Waals surface area contributed by atoms with Crippen molar-refractivity contribution in [2.45, 2.75) is 51.0 Å². The molecule has 0 heterocycles. The van der Waals surface area contributed by atoms with Gasteiger partial charge in [0.05, 0.1) is 5.84 Å². The second-order valence-electron chi connectivity index (χ2n) is 5.56. The zero-order valence-electron chi connectivity index (χ0n) is 9.76. The minimum Gasteiger partial charge on any atom is -0.388 e. The summed E-state index contributed by atoms with van der Waals surface area (Å²) < 4.78 is 0. The molecular formula is C12H23N3. The number of hydrogen-bond donors (Lipinski definition) is 2. The van der Waals surface area contributed by atoms with Gasteiger partial charge in [-0.05, 0) is 38.1 Å². The monoisotopic (exact) mass is 209 g/mol. The molecule has 0 bridgehead atoms. The number of nitrogens with two attached hydrogens (primary N) is 1. The van der Waals surface area contributed by atoms with E-state index < -0.39 is 0 Å². The highest BCUT2D eigenvalue weighted by molar-refractivity contribution is 5.78. The van der Waals surface area contributed by atoms with Gasteiger partial charge in [-0.2, -0.15) is 0 Å². The van der Waals surface area contributed by atoms with Crippen LogP contribution < -0.4 is 5.73 Å². The van der Waals surface area contributed by atoms with Crippen LogP contribution in [0.25, 0.3) is 0 Å². The molecule has 0 aromatic carbocycles. The first-order valence-electron chi connectivity index (χ1n) is 6.14. The molecule has 0 saturated heterocycles. The molecule has 15 heavy (non-hydrogen) atoms. The lowest BCUT2D eigenvalue weighted by Gasteiger charge is -2.28. The third kappa shape index (κ3) is 2.71. The van der Waals surface area contributed by atoms with Crippen LogP contribution >= 0.6 is 0 Å². The predicted molar refractivity (Wildman–Crippen MR) is 63.1 cm³/mol. The quantitative estimate of drug-likeness (QED) is 0.537. The van der Waals surface area contributed by atoms with Crippen molar-refractivity contribution in [2.75, 3.05) is 13.6 Å². The van der Waals surface area contributed by atoms with E-state index in [-0.39, 0.29) is 0 Å². The Labute approximate surface area is 92.5 Å². The fraction of sp³-hybridized carbons (Fsp3) is 0.917. The lowest BCUT2D eigenvalue weighted by Crippen LogP contribution is -2.36. The molecule has 3 heteroatoms. The van der Waals surface area contributed by atoms with Gasteiger partial charge < -0.3 is 10.6 Å². The molecular weight excluding hydrogens is 186 g/mol. The molecule has 0 amide bonds. The lowest BCUT2D eigenvalue weighted by molar-refractivity contribution is 0.200. The standard InChI is InChI=1S/C12H23N3/c1-15(10-4-2-3-5-10)9-12(6-7-12)8-11(13)14/h10H,2-9H2,1H3,(H3,13,14). The molecule has 0 aromatic heterocycles. The van der Waals surface area contributed by atoms with Crippen LogP contribution in [0.15, 0.2) is 0 Å². The van der Waals surface area contributed by atoms with Crippen LogP contribution in [0.2, 0.25) is 0 Å². The van der Waals surface area contributed by atoms with Gasteiger partial charge in [-0.25, -0.2) is 0 Å². The van der Waals surface area contributed by atoms with E-state index in [2.05, 4.69) is 11.9 Å². The first-order valence-corrected chi connectivity index (χ1v) is 6.14. The van der Waals surface area contributed by atoms with Gasteiger partial charge in [-0.3, -0.25) is 5.41 Å². The average molecular weight is 209 g/mol. The van der Waals surface area contributed by atoms with Crippen LogP contribution in [-0.4, -0.2) is 30.4 Å². The Hall–Kier alpha value is -0.570. The van der Waals surface area contributed by atoms with Gasteiger partial charge in [0, 0.05) is 19.0 Å². The van der Waals surface area contributed by atoms with E-state index in [1.54, 1.807) is 0 Å². The highest BCUT2D eigenvalue weighted by Crippen LogP contribution is 2.49. The molecule has 2 aliphatic carbocycles. The molecule has 0 atom stereocenters. The number of nitrogens with one attached hydrogen (secondary N) is 1. The van der Waals surface area contributed by atoms with E-state index in [4.69, 9.17) is 11.1 Å². The maximum Gasteiger partial charge on any atom is 0.0911 e. The summed E-state index contributed by atoms with van der Waals surface area (Å²) in [6.45, 7) is 1.15. The third-order valence-electron chi connectivity index (χ3n) is 4.06. The van der Waals surface area contributed by atoms with Gasteiger partial charge in [-0.1, -0.05) is 12.8 Å². The number of hydrogen-bond acceptors (Lipinski definition) is 2. The average Bonchev–Trinajstić information content (AvgIpc) is 2.68. The van der Waals surface area contributed by atoms with Gasteiger partial charge in [0.15, 0.2) is 0 Å². The van der Waals surface area contributed by atoms with Gasteiger partial charge >= 0.3 is 0 Å². The van der Waals surface area contributed by atoms with E-state index in [1.165, 1.54) is 38.5 Å². The maximum absolute atomic E-state index is 7.40. The van der Waals surface area contributed by atoms with Gasteiger partial charge in [0.1, 0.15) is 0 Å². The molecule has 3 N–H and O–H groups in total. The smallest absolute Gasteiger partial charge is 0.0911 e. The molecule has 2 rings (SSSR count). The molecule has 3 nitrogen and oxygen atoms in total. The largest absolute Gasteiger partial charge is 0.388 e. The van der Waals surface area contributed by atoms with Crippen LogP contribution in [0.1, 0.15) is 44.9 Å². The zero-order chi connectivity index (χ0) is 10.9. The first-order chi connectivity index (χ1) is 7.11. The van der Waals surface area contributed by atoms with Crippen LogP contribution in [0.5, 0.6) is 0 Å². The SMILES string of the molecule is CN(CC1(CC(=N)N)CC1)C1CCCC1. The molecule has 2 aliphatic rings. The Morgan fingerprint density at radius 3 is 2.47 bits per heavy atom. The van der Waals surface area contributed by atoms with Crippen molar-refractivity contribution < 1.29 is 0 Å². The van der Waals surface area contributed by atoms with Crippen molar-refractivity contribution in [3.8, 4) is 0 Å². The zero-order valence-corrected chi connectivity index (χ0v) is 9.76. The summed E-state index contributed by atoms with van der Waals surface area (Å²) in [6, 6.07) is 0.800. The summed E-state index contributed by atoms with van der Waals surface area (Å²) in [5.41, 5.74) is 5.89. The highest BCUT2D eigenvalue weighted by Gasteiger charge is 2.44. The summed E-state index contributed by atoms with van der Waals surface area (Å²) in [5, 5.41) is 7.40. The van der Waals surface area contributed by atoms with E-state index in [9.17, 15) is 0 Å². The Morgan fingerprint density at radius 2 is 2.00 bits per heavy atom.